The number of aliphatic hydroxyl groups is 1. The number of nitrogens with zero attached hydrogens (tertiary/aromatic N) is 1. The van der Waals surface area contributed by atoms with Crippen LogP contribution in [-0.2, 0) is 17.6 Å². The number of hydrogen-bond donors (Lipinski definition) is 1. The van der Waals surface area contributed by atoms with Gasteiger partial charge in [0.2, 0.25) is 5.91 Å². The molecule has 3 heteroatoms. The van der Waals surface area contributed by atoms with E-state index in [2.05, 4.69) is 44.2 Å². The molecule has 0 aliphatic heterocycles. The maximum absolute atomic E-state index is 12.5. The number of aliphatic hydroxyl groups excluding tert-OH is 1. The fraction of sp³-hybridized carbons (Fsp3) is 0.381. The molecular formula is C21H27NO2. The van der Waals surface area contributed by atoms with Crippen LogP contribution in [0.2, 0.25) is 0 Å². The second-order valence-corrected chi connectivity index (χ2v) is 6.27. The largest absolute Gasteiger partial charge is 0.395 e. The van der Waals surface area contributed by atoms with Crippen LogP contribution in [0.15, 0.2) is 48.5 Å². The first-order valence-electron chi connectivity index (χ1n) is 8.59. The van der Waals surface area contributed by atoms with Crippen LogP contribution in [0, 0.1) is 13.8 Å². The fourth-order valence-electron chi connectivity index (χ4n) is 2.92. The van der Waals surface area contributed by atoms with Crippen molar-refractivity contribution in [3.05, 3.63) is 70.8 Å². The number of rotatable bonds is 8. The first-order chi connectivity index (χ1) is 11.6. The molecule has 0 fully saturated rings. The fourth-order valence-corrected chi connectivity index (χ4v) is 2.92. The molecule has 0 saturated carbocycles. The number of amides is 1. The molecule has 0 heterocycles. The summed E-state index contributed by atoms with van der Waals surface area (Å²) in [6.45, 7) is 5.22. The van der Waals surface area contributed by atoms with E-state index in [0.717, 1.165) is 12.8 Å². The van der Waals surface area contributed by atoms with E-state index in [1.165, 1.54) is 22.3 Å². The van der Waals surface area contributed by atoms with Crippen molar-refractivity contribution in [2.75, 3.05) is 19.7 Å². The molecule has 0 unspecified atom stereocenters. The van der Waals surface area contributed by atoms with Crippen molar-refractivity contribution in [2.24, 2.45) is 0 Å². The normalized spacial score (nSPS) is 10.6. The van der Waals surface area contributed by atoms with Gasteiger partial charge in [0.15, 0.2) is 0 Å². The third-order valence-electron chi connectivity index (χ3n) is 4.34. The third-order valence-corrected chi connectivity index (χ3v) is 4.34. The third kappa shape index (κ3) is 5.50. The molecule has 3 nitrogen and oxygen atoms in total. The Kier molecular flexibility index (Phi) is 7.01. The minimum atomic E-state index is 0.00406. The van der Waals surface area contributed by atoms with Crippen LogP contribution in [0.5, 0.6) is 0 Å². The van der Waals surface area contributed by atoms with E-state index >= 15 is 0 Å². The lowest BCUT2D eigenvalue weighted by atomic mass is 10.0. The van der Waals surface area contributed by atoms with Gasteiger partial charge in [-0.3, -0.25) is 4.79 Å². The number of carbonyl (C=O) groups excluding carboxylic acids is 1. The van der Waals surface area contributed by atoms with Gasteiger partial charge in [-0.25, -0.2) is 0 Å². The number of aryl methyl sites for hydroxylation is 3. The summed E-state index contributed by atoms with van der Waals surface area (Å²) in [5.74, 6) is 0.111. The summed E-state index contributed by atoms with van der Waals surface area (Å²) in [5, 5.41) is 9.25. The van der Waals surface area contributed by atoms with E-state index in [9.17, 15) is 9.90 Å². The molecule has 0 spiro atoms. The van der Waals surface area contributed by atoms with Crippen molar-refractivity contribution >= 4 is 5.91 Å². The van der Waals surface area contributed by atoms with Crippen molar-refractivity contribution in [2.45, 2.75) is 33.1 Å². The van der Waals surface area contributed by atoms with E-state index in [-0.39, 0.29) is 12.5 Å². The van der Waals surface area contributed by atoms with Crippen molar-refractivity contribution in [3.8, 4) is 0 Å². The molecule has 0 radical (unpaired) electrons. The maximum atomic E-state index is 12.5. The Hall–Kier alpha value is -2.13. The lowest BCUT2D eigenvalue weighted by Crippen LogP contribution is -2.35. The molecule has 2 aromatic carbocycles. The van der Waals surface area contributed by atoms with E-state index in [1.54, 1.807) is 4.90 Å². The molecule has 24 heavy (non-hydrogen) atoms. The first kappa shape index (κ1) is 18.2. The lowest BCUT2D eigenvalue weighted by Gasteiger charge is -2.22. The Bertz CT molecular complexity index is 652. The van der Waals surface area contributed by atoms with Crippen LogP contribution in [0.3, 0.4) is 0 Å². The molecule has 1 amide bonds. The lowest BCUT2D eigenvalue weighted by molar-refractivity contribution is -0.131. The second-order valence-electron chi connectivity index (χ2n) is 6.27. The average Bonchev–Trinajstić information content (AvgIpc) is 2.58. The van der Waals surface area contributed by atoms with Gasteiger partial charge in [0.1, 0.15) is 0 Å². The highest BCUT2D eigenvalue weighted by molar-refractivity contribution is 5.76. The minimum absolute atomic E-state index is 0.00406. The number of benzene rings is 2. The van der Waals surface area contributed by atoms with Gasteiger partial charge in [-0.15, -0.1) is 0 Å². The predicted molar refractivity (Wildman–Crippen MR) is 98.0 cm³/mol. The molecule has 1 N–H and O–H groups in total. The standard InChI is InChI=1S/C21H27NO2/c1-17-8-9-20(18(2)16-17)10-11-21(24)22(14-15-23)13-12-19-6-4-3-5-7-19/h3-9,16,23H,10-15H2,1-2H3. The van der Waals surface area contributed by atoms with Crippen LogP contribution in [0.1, 0.15) is 28.7 Å². The number of hydrogen-bond acceptors (Lipinski definition) is 2. The average molecular weight is 325 g/mol. The summed E-state index contributed by atoms with van der Waals surface area (Å²) in [6, 6.07) is 16.5. The van der Waals surface area contributed by atoms with E-state index in [0.29, 0.717) is 19.5 Å². The predicted octanol–water partition coefficient (Wildman–Crippen LogP) is 3.30. The smallest absolute Gasteiger partial charge is 0.222 e. The van der Waals surface area contributed by atoms with Crippen molar-refractivity contribution in [1.82, 2.24) is 4.90 Å². The molecule has 2 aromatic rings. The van der Waals surface area contributed by atoms with Crippen molar-refractivity contribution in [3.63, 3.8) is 0 Å². The zero-order valence-corrected chi connectivity index (χ0v) is 14.7. The highest BCUT2D eigenvalue weighted by Crippen LogP contribution is 2.13. The topological polar surface area (TPSA) is 40.5 Å². The van der Waals surface area contributed by atoms with Crippen LogP contribution in [0.4, 0.5) is 0 Å². The molecule has 0 atom stereocenters. The van der Waals surface area contributed by atoms with Gasteiger partial charge >= 0.3 is 0 Å². The quantitative estimate of drug-likeness (QED) is 0.809. The summed E-state index contributed by atoms with van der Waals surface area (Å²) >= 11 is 0. The molecule has 0 aliphatic rings. The van der Waals surface area contributed by atoms with Crippen molar-refractivity contribution < 1.29 is 9.90 Å². The van der Waals surface area contributed by atoms with E-state index < -0.39 is 0 Å². The van der Waals surface area contributed by atoms with Gasteiger partial charge in [0.05, 0.1) is 6.61 Å². The molecule has 2 rings (SSSR count). The molecule has 0 bridgehead atoms. The van der Waals surface area contributed by atoms with Gasteiger partial charge in [0.25, 0.3) is 0 Å². The van der Waals surface area contributed by atoms with Gasteiger partial charge < -0.3 is 10.0 Å². The van der Waals surface area contributed by atoms with Crippen LogP contribution in [0.25, 0.3) is 0 Å². The summed E-state index contributed by atoms with van der Waals surface area (Å²) in [6.07, 6.45) is 2.05. The van der Waals surface area contributed by atoms with Gasteiger partial charge in [-0.05, 0) is 43.4 Å². The minimum Gasteiger partial charge on any atom is -0.395 e. The van der Waals surface area contributed by atoms with Crippen LogP contribution < -0.4 is 0 Å². The monoisotopic (exact) mass is 325 g/mol. The molecule has 0 aliphatic carbocycles. The Morgan fingerprint density at radius 3 is 2.42 bits per heavy atom. The molecule has 0 aromatic heterocycles. The number of carbonyl (C=O) groups is 1. The molecular weight excluding hydrogens is 298 g/mol. The van der Waals surface area contributed by atoms with Gasteiger partial charge in [-0.2, -0.15) is 0 Å². The van der Waals surface area contributed by atoms with Crippen molar-refractivity contribution in [1.29, 1.82) is 0 Å². The summed E-state index contributed by atoms with van der Waals surface area (Å²) in [7, 11) is 0. The van der Waals surface area contributed by atoms with Gasteiger partial charge in [-0.1, -0.05) is 54.1 Å². The highest BCUT2D eigenvalue weighted by atomic mass is 16.3. The van der Waals surface area contributed by atoms with Crippen LogP contribution in [-0.4, -0.2) is 35.6 Å². The van der Waals surface area contributed by atoms with Gasteiger partial charge in [0, 0.05) is 19.5 Å². The van der Waals surface area contributed by atoms with E-state index in [1.807, 2.05) is 18.2 Å². The SMILES string of the molecule is Cc1ccc(CCC(=O)N(CCO)CCc2ccccc2)c(C)c1. The molecule has 128 valence electrons. The van der Waals surface area contributed by atoms with Crippen LogP contribution >= 0.6 is 0 Å². The zero-order valence-electron chi connectivity index (χ0n) is 14.7. The maximum Gasteiger partial charge on any atom is 0.222 e. The zero-order chi connectivity index (χ0) is 17.4. The highest BCUT2D eigenvalue weighted by Gasteiger charge is 2.13. The summed E-state index contributed by atoms with van der Waals surface area (Å²) in [4.78, 5) is 14.3. The Labute approximate surface area is 144 Å². The first-order valence-corrected chi connectivity index (χ1v) is 8.59. The van der Waals surface area contributed by atoms with E-state index in [4.69, 9.17) is 0 Å². The summed E-state index contributed by atoms with van der Waals surface area (Å²) in [5.41, 5.74) is 4.91. The Balaban J connectivity index is 1.90. The Morgan fingerprint density at radius 2 is 1.75 bits per heavy atom. The second kappa shape index (κ2) is 9.24. The Morgan fingerprint density at radius 1 is 1.00 bits per heavy atom. The summed E-state index contributed by atoms with van der Waals surface area (Å²) < 4.78 is 0. The molecule has 0 saturated heterocycles.